The molecule has 0 atom stereocenters. The van der Waals surface area contributed by atoms with Crippen molar-refractivity contribution >= 4 is 22.9 Å². The van der Waals surface area contributed by atoms with Gasteiger partial charge in [-0.15, -0.1) is 0 Å². The van der Waals surface area contributed by atoms with Gasteiger partial charge < -0.3 is 15.2 Å². The number of aryl methyl sites for hydroxylation is 1. The molecule has 27 heavy (non-hydrogen) atoms. The van der Waals surface area contributed by atoms with Gasteiger partial charge in [0.15, 0.2) is 5.65 Å². The largest absolute Gasteiger partial charge is 0.337 e. The number of para-hydroxylation sites is 1. The van der Waals surface area contributed by atoms with Gasteiger partial charge in [0.1, 0.15) is 11.3 Å². The van der Waals surface area contributed by atoms with E-state index >= 15 is 0 Å². The number of amides is 2. The summed E-state index contributed by atoms with van der Waals surface area (Å²) >= 11 is 0. The van der Waals surface area contributed by atoms with E-state index in [4.69, 9.17) is 4.98 Å². The SMILES string of the molecule is Cc1ccccc1NC(=O)NCCc1nc2cccnc2n1C1CCCC1. The Bertz CT molecular complexity index is 943. The van der Waals surface area contributed by atoms with Gasteiger partial charge in [-0.2, -0.15) is 0 Å². The fraction of sp³-hybridized carbons (Fsp3) is 0.381. The molecule has 1 aliphatic carbocycles. The lowest BCUT2D eigenvalue weighted by atomic mass is 10.2. The number of benzene rings is 1. The minimum absolute atomic E-state index is 0.189. The Kier molecular flexibility index (Phi) is 5.05. The highest BCUT2D eigenvalue weighted by molar-refractivity contribution is 5.90. The summed E-state index contributed by atoms with van der Waals surface area (Å²) in [5.74, 6) is 1.01. The van der Waals surface area contributed by atoms with E-state index in [1.54, 1.807) is 0 Å². The van der Waals surface area contributed by atoms with Crippen LogP contribution in [0.25, 0.3) is 11.2 Å². The number of rotatable bonds is 5. The molecule has 140 valence electrons. The molecule has 0 aliphatic heterocycles. The van der Waals surface area contributed by atoms with Crippen LogP contribution in [0.2, 0.25) is 0 Å². The van der Waals surface area contributed by atoms with Crippen molar-refractivity contribution in [1.29, 1.82) is 0 Å². The Balaban J connectivity index is 1.43. The van der Waals surface area contributed by atoms with Crippen molar-refractivity contribution < 1.29 is 4.79 Å². The molecule has 0 bridgehead atoms. The van der Waals surface area contributed by atoms with Crippen molar-refractivity contribution in [3.8, 4) is 0 Å². The molecule has 6 nitrogen and oxygen atoms in total. The van der Waals surface area contributed by atoms with Crippen molar-refractivity contribution in [3.05, 3.63) is 54.0 Å². The van der Waals surface area contributed by atoms with Crippen LogP contribution < -0.4 is 10.6 Å². The molecule has 0 spiro atoms. The summed E-state index contributed by atoms with van der Waals surface area (Å²) in [7, 11) is 0. The van der Waals surface area contributed by atoms with Crippen LogP contribution in [-0.4, -0.2) is 27.1 Å². The molecule has 2 amide bonds. The number of carbonyl (C=O) groups excluding carboxylic acids is 1. The molecule has 4 rings (SSSR count). The van der Waals surface area contributed by atoms with Crippen molar-refractivity contribution in [2.75, 3.05) is 11.9 Å². The Labute approximate surface area is 159 Å². The fourth-order valence-electron chi connectivity index (χ4n) is 3.87. The second-order valence-corrected chi connectivity index (χ2v) is 7.13. The van der Waals surface area contributed by atoms with E-state index in [1.165, 1.54) is 25.7 Å². The molecule has 0 radical (unpaired) electrons. The number of urea groups is 1. The zero-order valence-electron chi connectivity index (χ0n) is 15.6. The van der Waals surface area contributed by atoms with Gasteiger partial charge in [-0.3, -0.25) is 0 Å². The van der Waals surface area contributed by atoms with Gasteiger partial charge >= 0.3 is 6.03 Å². The fourth-order valence-corrected chi connectivity index (χ4v) is 3.87. The van der Waals surface area contributed by atoms with E-state index < -0.39 is 0 Å². The highest BCUT2D eigenvalue weighted by Gasteiger charge is 2.23. The number of hydrogen-bond donors (Lipinski definition) is 2. The van der Waals surface area contributed by atoms with Crippen molar-refractivity contribution in [1.82, 2.24) is 19.9 Å². The van der Waals surface area contributed by atoms with Crippen LogP contribution in [0.3, 0.4) is 0 Å². The van der Waals surface area contributed by atoms with Gasteiger partial charge in [-0.25, -0.2) is 14.8 Å². The molecule has 1 aliphatic rings. The lowest BCUT2D eigenvalue weighted by Crippen LogP contribution is -2.31. The summed E-state index contributed by atoms with van der Waals surface area (Å²) < 4.78 is 2.29. The van der Waals surface area contributed by atoms with Gasteiger partial charge in [0.25, 0.3) is 0 Å². The zero-order valence-corrected chi connectivity index (χ0v) is 15.6. The average Bonchev–Trinajstić information content (AvgIpc) is 3.30. The Morgan fingerprint density at radius 3 is 2.81 bits per heavy atom. The predicted octanol–water partition coefficient (Wildman–Crippen LogP) is 4.22. The normalized spacial score (nSPS) is 14.6. The first-order chi connectivity index (χ1) is 13.2. The van der Waals surface area contributed by atoms with Crippen molar-refractivity contribution in [2.24, 2.45) is 0 Å². The van der Waals surface area contributed by atoms with Crippen LogP contribution in [0.4, 0.5) is 10.5 Å². The molecule has 2 N–H and O–H groups in total. The lowest BCUT2D eigenvalue weighted by Gasteiger charge is -2.16. The van der Waals surface area contributed by atoms with Crippen LogP contribution in [0, 0.1) is 6.92 Å². The number of nitrogens with zero attached hydrogens (tertiary/aromatic N) is 3. The standard InChI is InChI=1S/C21H25N5O/c1-15-7-2-5-10-17(15)25-21(27)23-14-12-19-24-18-11-6-13-22-20(18)26(19)16-8-3-4-9-16/h2,5-7,10-11,13,16H,3-4,8-9,12,14H2,1H3,(H2,23,25,27). The minimum atomic E-state index is -0.189. The van der Waals surface area contributed by atoms with Crippen LogP contribution in [0.15, 0.2) is 42.6 Å². The number of pyridine rings is 1. The van der Waals surface area contributed by atoms with E-state index in [1.807, 2.05) is 49.5 Å². The van der Waals surface area contributed by atoms with Gasteiger partial charge in [-0.05, 0) is 43.5 Å². The molecular weight excluding hydrogens is 338 g/mol. The first-order valence-electron chi connectivity index (χ1n) is 9.64. The molecular formula is C21H25N5O. The second-order valence-electron chi connectivity index (χ2n) is 7.13. The minimum Gasteiger partial charge on any atom is -0.337 e. The molecule has 0 unspecified atom stereocenters. The highest BCUT2D eigenvalue weighted by Crippen LogP contribution is 2.33. The molecule has 6 heteroatoms. The van der Waals surface area contributed by atoms with Crippen LogP contribution in [0.1, 0.15) is 43.1 Å². The second kappa shape index (κ2) is 7.78. The number of fused-ring (bicyclic) bond motifs is 1. The molecule has 2 heterocycles. The van der Waals surface area contributed by atoms with E-state index in [0.717, 1.165) is 28.2 Å². The van der Waals surface area contributed by atoms with Crippen LogP contribution in [0.5, 0.6) is 0 Å². The van der Waals surface area contributed by atoms with Crippen LogP contribution in [-0.2, 0) is 6.42 Å². The smallest absolute Gasteiger partial charge is 0.319 e. The first-order valence-corrected chi connectivity index (χ1v) is 9.64. The number of anilines is 1. The van der Waals surface area contributed by atoms with Crippen LogP contribution >= 0.6 is 0 Å². The monoisotopic (exact) mass is 363 g/mol. The maximum Gasteiger partial charge on any atom is 0.319 e. The Morgan fingerprint density at radius 2 is 2.00 bits per heavy atom. The topological polar surface area (TPSA) is 71.8 Å². The first kappa shape index (κ1) is 17.5. The number of imidazole rings is 1. The number of hydrogen-bond acceptors (Lipinski definition) is 3. The van der Waals surface area contributed by atoms with Gasteiger partial charge in [0, 0.05) is 30.9 Å². The van der Waals surface area contributed by atoms with Crippen molar-refractivity contribution in [3.63, 3.8) is 0 Å². The number of carbonyl (C=O) groups is 1. The third-order valence-electron chi connectivity index (χ3n) is 5.24. The third-order valence-corrected chi connectivity index (χ3v) is 5.24. The van der Waals surface area contributed by atoms with E-state index in [2.05, 4.69) is 20.2 Å². The quantitative estimate of drug-likeness (QED) is 0.713. The summed E-state index contributed by atoms with van der Waals surface area (Å²) in [4.78, 5) is 21.5. The van der Waals surface area contributed by atoms with Gasteiger partial charge in [0.05, 0.1) is 0 Å². The van der Waals surface area contributed by atoms with Gasteiger partial charge in [-0.1, -0.05) is 31.0 Å². The third kappa shape index (κ3) is 3.79. The maximum absolute atomic E-state index is 12.2. The summed E-state index contributed by atoms with van der Waals surface area (Å²) in [6.45, 7) is 2.51. The Morgan fingerprint density at radius 1 is 1.19 bits per heavy atom. The van der Waals surface area contributed by atoms with Crippen molar-refractivity contribution in [2.45, 2.75) is 45.1 Å². The molecule has 2 aromatic heterocycles. The molecule has 0 saturated heterocycles. The average molecular weight is 363 g/mol. The number of nitrogens with one attached hydrogen (secondary N) is 2. The predicted molar refractivity (Wildman–Crippen MR) is 107 cm³/mol. The lowest BCUT2D eigenvalue weighted by molar-refractivity contribution is 0.252. The molecule has 1 saturated carbocycles. The van der Waals surface area contributed by atoms with Gasteiger partial charge in [0.2, 0.25) is 0 Å². The summed E-state index contributed by atoms with van der Waals surface area (Å²) in [5.41, 5.74) is 3.77. The highest BCUT2D eigenvalue weighted by atomic mass is 16.2. The molecule has 3 aromatic rings. The maximum atomic E-state index is 12.2. The zero-order chi connectivity index (χ0) is 18.6. The summed E-state index contributed by atoms with van der Waals surface area (Å²) in [5, 5.41) is 5.85. The van der Waals surface area contributed by atoms with E-state index in [-0.39, 0.29) is 6.03 Å². The number of aromatic nitrogens is 3. The van der Waals surface area contributed by atoms with E-state index in [9.17, 15) is 4.79 Å². The summed E-state index contributed by atoms with van der Waals surface area (Å²) in [6, 6.07) is 12.0. The Hall–Kier alpha value is -2.89. The molecule has 1 fully saturated rings. The summed E-state index contributed by atoms with van der Waals surface area (Å²) in [6.07, 6.45) is 7.38. The molecule has 1 aromatic carbocycles. The van der Waals surface area contributed by atoms with E-state index in [0.29, 0.717) is 19.0 Å².